The average Bonchev–Trinajstić information content (AvgIpc) is 2.77. The maximum Gasteiger partial charge on any atom is 0.131 e. The van der Waals surface area contributed by atoms with E-state index in [-0.39, 0.29) is 5.37 Å². The van der Waals surface area contributed by atoms with Gasteiger partial charge in [-0.3, -0.25) is 5.21 Å². The Kier molecular flexibility index (Phi) is 3.25. The Morgan fingerprint density at radius 1 is 1.05 bits per heavy atom. The molecule has 1 heterocycles. The zero-order chi connectivity index (χ0) is 13.4. The van der Waals surface area contributed by atoms with E-state index in [1.807, 2.05) is 24.3 Å². The minimum Gasteiger partial charge on any atom is -0.287 e. The van der Waals surface area contributed by atoms with E-state index in [0.29, 0.717) is 5.92 Å². The van der Waals surface area contributed by atoms with Crippen molar-refractivity contribution in [1.82, 2.24) is 0 Å². The first-order valence-electron chi connectivity index (χ1n) is 6.50. The number of hydroxylamine groups is 1. The molecule has 19 heavy (non-hydrogen) atoms. The van der Waals surface area contributed by atoms with Gasteiger partial charge in [-0.25, -0.2) is 5.06 Å². The Labute approximate surface area is 118 Å². The second-order valence-electron chi connectivity index (χ2n) is 5.10. The second-order valence-corrected chi connectivity index (χ2v) is 6.23. The summed E-state index contributed by atoms with van der Waals surface area (Å²) in [5.41, 5.74) is 3.35. The van der Waals surface area contributed by atoms with E-state index in [9.17, 15) is 5.21 Å². The van der Waals surface area contributed by atoms with Gasteiger partial charge in [-0.2, -0.15) is 0 Å². The third-order valence-corrected chi connectivity index (χ3v) is 4.76. The molecule has 0 fully saturated rings. The molecule has 0 saturated heterocycles. The predicted molar refractivity (Wildman–Crippen MR) is 79.8 cm³/mol. The maximum atomic E-state index is 10.3. The quantitative estimate of drug-likeness (QED) is 0.848. The number of anilines is 1. The second kappa shape index (κ2) is 4.91. The van der Waals surface area contributed by atoms with Crippen molar-refractivity contribution >= 4 is 17.4 Å². The number of thioether (sulfide) groups is 1. The van der Waals surface area contributed by atoms with Crippen molar-refractivity contribution in [2.45, 2.75) is 30.0 Å². The predicted octanol–water partition coefficient (Wildman–Crippen LogP) is 4.81. The molecule has 0 saturated carbocycles. The van der Waals surface area contributed by atoms with Crippen LogP contribution >= 0.6 is 11.8 Å². The van der Waals surface area contributed by atoms with Crippen LogP contribution in [0.5, 0.6) is 0 Å². The Morgan fingerprint density at radius 3 is 2.37 bits per heavy atom. The lowest BCUT2D eigenvalue weighted by Gasteiger charge is -2.20. The van der Waals surface area contributed by atoms with Gasteiger partial charge in [0.25, 0.3) is 0 Å². The molecule has 3 rings (SSSR count). The first-order chi connectivity index (χ1) is 9.16. The van der Waals surface area contributed by atoms with Gasteiger partial charge in [-0.05, 0) is 29.2 Å². The van der Waals surface area contributed by atoms with Crippen molar-refractivity contribution in [1.29, 1.82) is 0 Å². The smallest absolute Gasteiger partial charge is 0.131 e. The molecule has 1 N–H and O–H groups in total. The van der Waals surface area contributed by atoms with E-state index in [2.05, 4.69) is 38.1 Å². The van der Waals surface area contributed by atoms with Gasteiger partial charge >= 0.3 is 0 Å². The Balaban J connectivity index is 1.89. The van der Waals surface area contributed by atoms with E-state index in [1.165, 1.54) is 10.6 Å². The molecule has 0 spiro atoms. The molecule has 98 valence electrons. The molecular formula is C16H17NOS. The summed E-state index contributed by atoms with van der Waals surface area (Å²) in [5.74, 6) is 0.535. The van der Waals surface area contributed by atoms with Crippen LogP contribution in [0.4, 0.5) is 5.69 Å². The monoisotopic (exact) mass is 271 g/mol. The molecule has 1 aliphatic rings. The van der Waals surface area contributed by atoms with Crippen LogP contribution in [0.1, 0.15) is 36.3 Å². The van der Waals surface area contributed by atoms with Crippen molar-refractivity contribution in [3.63, 3.8) is 0 Å². The summed E-state index contributed by atoms with van der Waals surface area (Å²) in [6.45, 7) is 4.38. The van der Waals surface area contributed by atoms with Gasteiger partial charge in [0, 0.05) is 4.90 Å². The standard InChI is InChI=1S/C16H17NOS/c1-11(2)12-7-9-13(10-8-12)16-17(18)14-5-3-4-6-15(14)19-16/h3-11,16,18H,1-2H3. The topological polar surface area (TPSA) is 23.5 Å². The summed E-state index contributed by atoms with van der Waals surface area (Å²) in [6.07, 6.45) is 0. The molecule has 2 nitrogen and oxygen atoms in total. The fourth-order valence-corrected chi connectivity index (χ4v) is 3.48. The molecule has 3 heteroatoms. The van der Waals surface area contributed by atoms with Crippen molar-refractivity contribution in [3.05, 3.63) is 59.7 Å². The van der Waals surface area contributed by atoms with Crippen LogP contribution in [-0.4, -0.2) is 5.21 Å². The highest BCUT2D eigenvalue weighted by Gasteiger charge is 2.30. The summed E-state index contributed by atoms with van der Waals surface area (Å²) in [7, 11) is 0. The summed E-state index contributed by atoms with van der Waals surface area (Å²) < 4.78 is 0. The summed E-state index contributed by atoms with van der Waals surface area (Å²) in [6, 6.07) is 16.5. The first-order valence-corrected chi connectivity index (χ1v) is 7.38. The lowest BCUT2D eigenvalue weighted by atomic mass is 10.0. The molecule has 0 bridgehead atoms. The first kappa shape index (κ1) is 12.6. The van der Waals surface area contributed by atoms with Crippen LogP contribution < -0.4 is 5.06 Å². The summed E-state index contributed by atoms with van der Waals surface area (Å²) in [4.78, 5) is 1.13. The highest BCUT2D eigenvalue weighted by Crippen LogP contribution is 2.50. The Hall–Kier alpha value is -1.45. The Bertz CT molecular complexity index is 580. The number of benzene rings is 2. The lowest BCUT2D eigenvalue weighted by Crippen LogP contribution is -2.17. The van der Waals surface area contributed by atoms with Crippen LogP contribution in [0.15, 0.2) is 53.4 Å². The van der Waals surface area contributed by atoms with Gasteiger partial charge in [0.1, 0.15) is 5.37 Å². The van der Waals surface area contributed by atoms with Gasteiger partial charge in [0.2, 0.25) is 0 Å². The van der Waals surface area contributed by atoms with Crippen molar-refractivity contribution in [2.75, 3.05) is 5.06 Å². The molecule has 0 aromatic heterocycles. The van der Waals surface area contributed by atoms with E-state index in [4.69, 9.17) is 0 Å². The number of nitrogens with zero attached hydrogens (tertiary/aromatic N) is 1. The van der Waals surface area contributed by atoms with E-state index in [0.717, 1.165) is 16.1 Å². The van der Waals surface area contributed by atoms with Crippen molar-refractivity contribution < 1.29 is 5.21 Å². The van der Waals surface area contributed by atoms with Crippen molar-refractivity contribution in [2.24, 2.45) is 0 Å². The minimum absolute atomic E-state index is 0.0430. The molecule has 1 aliphatic heterocycles. The highest BCUT2D eigenvalue weighted by molar-refractivity contribution is 8.00. The molecule has 1 atom stereocenters. The largest absolute Gasteiger partial charge is 0.287 e. The molecule has 2 aromatic carbocycles. The molecule has 0 amide bonds. The van der Waals surface area contributed by atoms with Gasteiger partial charge in [0.15, 0.2) is 0 Å². The third kappa shape index (κ3) is 2.24. The minimum atomic E-state index is -0.0430. The number of hydrogen-bond donors (Lipinski definition) is 1. The number of hydrogen-bond acceptors (Lipinski definition) is 3. The molecule has 0 radical (unpaired) electrons. The van der Waals surface area contributed by atoms with Crippen LogP contribution in [0.25, 0.3) is 0 Å². The van der Waals surface area contributed by atoms with E-state index < -0.39 is 0 Å². The van der Waals surface area contributed by atoms with Gasteiger partial charge in [0.05, 0.1) is 5.69 Å². The molecule has 0 aliphatic carbocycles. The van der Waals surface area contributed by atoms with Gasteiger partial charge < -0.3 is 0 Å². The van der Waals surface area contributed by atoms with Crippen LogP contribution in [0, 0.1) is 0 Å². The average molecular weight is 271 g/mol. The zero-order valence-corrected chi connectivity index (χ0v) is 11.9. The number of para-hydroxylation sites is 1. The lowest BCUT2D eigenvalue weighted by molar-refractivity contribution is 0.248. The zero-order valence-electron chi connectivity index (χ0n) is 11.1. The highest BCUT2D eigenvalue weighted by atomic mass is 32.2. The number of rotatable bonds is 2. The van der Waals surface area contributed by atoms with E-state index >= 15 is 0 Å². The SMILES string of the molecule is CC(C)c1ccc(C2Sc3ccccc3N2O)cc1. The summed E-state index contributed by atoms with van der Waals surface area (Å²) in [5, 5.41) is 11.6. The van der Waals surface area contributed by atoms with Gasteiger partial charge in [-0.15, -0.1) is 0 Å². The van der Waals surface area contributed by atoms with Crippen LogP contribution in [-0.2, 0) is 0 Å². The molecule has 1 unspecified atom stereocenters. The third-order valence-electron chi connectivity index (χ3n) is 3.46. The number of fused-ring (bicyclic) bond motifs is 1. The normalized spacial score (nSPS) is 17.9. The van der Waals surface area contributed by atoms with Gasteiger partial charge in [-0.1, -0.05) is 62.0 Å². The van der Waals surface area contributed by atoms with E-state index in [1.54, 1.807) is 11.8 Å². The van der Waals surface area contributed by atoms with Crippen LogP contribution in [0.3, 0.4) is 0 Å². The fourth-order valence-electron chi connectivity index (χ4n) is 2.30. The summed E-state index contributed by atoms with van der Waals surface area (Å²) >= 11 is 1.69. The Morgan fingerprint density at radius 2 is 1.74 bits per heavy atom. The maximum absolute atomic E-state index is 10.3. The fraction of sp³-hybridized carbons (Fsp3) is 0.250. The molecular weight excluding hydrogens is 254 g/mol. The van der Waals surface area contributed by atoms with Crippen molar-refractivity contribution in [3.8, 4) is 0 Å². The molecule has 2 aromatic rings. The van der Waals surface area contributed by atoms with Crippen LogP contribution in [0.2, 0.25) is 0 Å².